The molecule has 0 aromatic heterocycles. The number of carboxylic acid groups (broad SMARTS) is 1. The van der Waals surface area contributed by atoms with Gasteiger partial charge in [-0.05, 0) is 58.8 Å². The lowest BCUT2D eigenvalue weighted by molar-refractivity contribution is -0.139. The molecule has 2 aromatic rings. The molecule has 3 rings (SSSR count). The Kier molecular flexibility index (Phi) is 7.16. The van der Waals surface area contributed by atoms with Gasteiger partial charge in [0, 0.05) is 0 Å². The lowest BCUT2D eigenvalue weighted by atomic mass is 10.1. The van der Waals surface area contributed by atoms with E-state index in [4.69, 9.17) is 26.2 Å². The first-order valence-corrected chi connectivity index (χ1v) is 10.4. The number of ether oxygens (including phenoxy) is 2. The van der Waals surface area contributed by atoms with E-state index in [2.05, 4.69) is 21.2 Å². The van der Waals surface area contributed by atoms with Crippen molar-refractivity contribution in [3.05, 3.63) is 57.0 Å². The zero-order valence-electron chi connectivity index (χ0n) is 16.6. The summed E-state index contributed by atoms with van der Waals surface area (Å²) < 4.78 is 11.1. The standard InChI is InChI=1S/C21H16BrClN2O7/c1-2-31-16-9-11(8-13(22)18(16)32-10-17(26)27)7-12-19(28)24-21(30)25(20(12)29)15-6-4-3-5-14(15)23/h3-9H,2,10H2,1H3,(H,26,27)(H,24,28,30)/b12-7+. The number of hydrogen-bond donors (Lipinski definition) is 2. The first-order valence-electron chi connectivity index (χ1n) is 9.19. The van der Waals surface area contributed by atoms with Gasteiger partial charge in [-0.15, -0.1) is 0 Å². The molecule has 1 aliphatic heterocycles. The van der Waals surface area contributed by atoms with Crippen molar-refractivity contribution in [2.45, 2.75) is 6.92 Å². The number of nitrogens with zero attached hydrogens (tertiary/aromatic N) is 1. The Morgan fingerprint density at radius 3 is 2.59 bits per heavy atom. The molecule has 11 heteroatoms. The van der Waals surface area contributed by atoms with Gasteiger partial charge in [-0.3, -0.25) is 14.9 Å². The molecule has 1 saturated heterocycles. The van der Waals surface area contributed by atoms with Crippen molar-refractivity contribution in [1.29, 1.82) is 0 Å². The van der Waals surface area contributed by atoms with Gasteiger partial charge in [-0.25, -0.2) is 14.5 Å². The number of halogens is 2. The molecule has 0 bridgehead atoms. The summed E-state index contributed by atoms with van der Waals surface area (Å²) in [4.78, 5) is 49.4. The van der Waals surface area contributed by atoms with E-state index < -0.39 is 30.4 Å². The van der Waals surface area contributed by atoms with E-state index in [1.807, 2.05) is 0 Å². The second-order valence-corrected chi connectivity index (χ2v) is 7.62. The van der Waals surface area contributed by atoms with Gasteiger partial charge < -0.3 is 14.6 Å². The summed E-state index contributed by atoms with van der Waals surface area (Å²) in [5, 5.41) is 11.1. The fraction of sp³-hybridized carbons (Fsp3) is 0.143. The Bertz CT molecular complexity index is 1150. The summed E-state index contributed by atoms with van der Waals surface area (Å²) >= 11 is 9.41. The highest BCUT2D eigenvalue weighted by molar-refractivity contribution is 9.10. The van der Waals surface area contributed by atoms with Gasteiger partial charge in [0.1, 0.15) is 5.57 Å². The summed E-state index contributed by atoms with van der Waals surface area (Å²) in [6, 6.07) is 8.31. The number of rotatable bonds is 7. The molecular formula is C21H16BrClN2O7. The smallest absolute Gasteiger partial charge is 0.341 e. The second kappa shape index (κ2) is 9.84. The molecule has 0 spiro atoms. The third kappa shape index (κ3) is 4.92. The Morgan fingerprint density at radius 2 is 1.94 bits per heavy atom. The number of barbiturate groups is 1. The zero-order chi connectivity index (χ0) is 23.4. The molecule has 0 radical (unpaired) electrons. The molecule has 0 unspecified atom stereocenters. The van der Waals surface area contributed by atoms with Crippen LogP contribution < -0.4 is 19.7 Å². The normalized spacial score (nSPS) is 15.0. The maximum Gasteiger partial charge on any atom is 0.341 e. The molecule has 166 valence electrons. The largest absolute Gasteiger partial charge is 0.490 e. The summed E-state index contributed by atoms with van der Waals surface area (Å²) in [5.74, 6) is -2.53. The van der Waals surface area contributed by atoms with Crippen LogP contribution in [0.2, 0.25) is 5.02 Å². The number of para-hydroxylation sites is 1. The molecule has 0 aliphatic carbocycles. The molecule has 1 fully saturated rings. The SMILES string of the molecule is CCOc1cc(/C=C2\C(=O)NC(=O)N(c3ccccc3Cl)C2=O)cc(Br)c1OCC(=O)O. The highest BCUT2D eigenvalue weighted by Gasteiger charge is 2.37. The fourth-order valence-corrected chi connectivity index (χ4v) is 3.68. The minimum absolute atomic E-state index is 0.128. The molecule has 0 saturated carbocycles. The van der Waals surface area contributed by atoms with Crippen LogP contribution in [-0.2, 0) is 14.4 Å². The zero-order valence-corrected chi connectivity index (χ0v) is 18.9. The summed E-state index contributed by atoms with van der Waals surface area (Å²) in [6.45, 7) is 1.39. The average Bonchev–Trinajstić information content (AvgIpc) is 2.72. The van der Waals surface area contributed by atoms with Gasteiger partial charge in [0.2, 0.25) is 0 Å². The minimum atomic E-state index is -1.17. The number of imide groups is 2. The Labute approximate surface area is 195 Å². The maximum atomic E-state index is 13.0. The van der Waals surface area contributed by atoms with E-state index in [9.17, 15) is 19.2 Å². The topological polar surface area (TPSA) is 122 Å². The van der Waals surface area contributed by atoms with Crippen LogP contribution in [0.5, 0.6) is 11.5 Å². The first-order chi connectivity index (χ1) is 15.2. The van der Waals surface area contributed by atoms with Crippen molar-refractivity contribution < 1.29 is 33.8 Å². The number of aliphatic carboxylic acids is 1. The van der Waals surface area contributed by atoms with Gasteiger partial charge >= 0.3 is 12.0 Å². The molecule has 1 aliphatic rings. The summed E-state index contributed by atoms with van der Waals surface area (Å²) in [5.41, 5.74) is 0.191. The van der Waals surface area contributed by atoms with Gasteiger partial charge in [0.05, 0.1) is 21.8 Å². The molecular weight excluding hydrogens is 508 g/mol. The van der Waals surface area contributed by atoms with Crippen LogP contribution in [-0.4, -0.2) is 42.1 Å². The molecule has 32 heavy (non-hydrogen) atoms. The van der Waals surface area contributed by atoms with Crippen LogP contribution in [0.1, 0.15) is 12.5 Å². The van der Waals surface area contributed by atoms with E-state index in [0.717, 1.165) is 4.90 Å². The number of carbonyl (C=O) groups excluding carboxylic acids is 3. The van der Waals surface area contributed by atoms with E-state index in [0.29, 0.717) is 10.0 Å². The Hall–Kier alpha value is -3.37. The lowest BCUT2D eigenvalue weighted by Crippen LogP contribution is -2.54. The van der Waals surface area contributed by atoms with Gasteiger partial charge in [0.15, 0.2) is 18.1 Å². The highest BCUT2D eigenvalue weighted by atomic mass is 79.9. The van der Waals surface area contributed by atoms with Crippen LogP contribution in [0.15, 0.2) is 46.4 Å². The molecule has 2 N–H and O–H groups in total. The molecule has 2 aromatic carbocycles. The van der Waals surface area contributed by atoms with Gasteiger partial charge in [0.25, 0.3) is 11.8 Å². The quantitative estimate of drug-likeness (QED) is 0.420. The Balaban J connectivity index is 2.03. The fourth-order valence-electron chi connectivity index (χ4n) is 2.88. The van der Waals surface area contributed by atoms with Crippen LogP contribution in [0.25, 0.3) is 6.08 Å². The minimum Gasteiger partial charge on any atom is -0.490 e. The predicted molar refractivity (Wildman–Crippen MR) is 119 cm³/mol. The molecule has 4 amide bonds. The number of anilines is 1. The maximum absolute atomic E-state index is 13.0. The number of nitrogens with one attached hydrogen (secondary N) is 1. The average molecular weight is 524 g/mol. The predicted octanol–water partition coefficient (Wildman–Crippen LogP) is 3.63. The monoisotopic (exact) mass is 522 g/mol. The van der Waals surface area contributed by atoms with Crippen molar-refractivity contribution >= 4 is 63.1 Å². The molecule has 9 nitrogen and oxygen atoms in total. The van der Waals surface area contributed by atoms with Gasteiger partial charge in [-0.2, -0.15) is 0 Å². The van der Waals surface area contributed by atoms with Crippen LogP contribution in [0, 0.1) is 0 Å². The number of amides is 4. The van der Waals surface area contributed by atoms with Crippen LogP contribution in [0.4, 0.5) is 10.5 Å². The van der Waals surface area contributed by atoms with Crippen molar-refractivity contribution in [1.82, 2.24) is 5.32 Å². The van der Waals surface area contributed by atoms with Crippen molar-refractivity contribution in [2.24, 2.45) is 0 Å². The highest BCUT2D eigenvalue weighted by Crippen LogP contribution is 2.38. The van der Waals surface area contributed by atoms with Crippen molar-refractivity contribution in [3.8, 4) is 11.5 Å². The van der Waals surface area contributed by atoms with Crippen molar-refractivity contribution in [3.63, 3.8) is 0 Å². The lowest BCUT2D eigenvalue weighted by Gasteiger charge is -2.27. The number of carbonyl (C=O) groups is 4. The summed E-state index contributed by atoms with van der Waals surface area (Å²) in [7, 11) is 0. The van der Waals surface area contributed by atoms with E-state index in [1.165, 1.54) is 30.3 Å². The number of urea groups is 1. The summed E-state index contributed by atoms with van der Waals surface area (Å²) in [6.07, 6.45) is 1.28. The first kappa shape index (κ1) is 23.3. The van der Waals surface area contributed by atoms with Crippen LogP contribution >= 0.6 is 27.5 Å². The Morgan fingerprint density at radius 1 is 1.22 bits per heavy atom. The molecule has 0 atom stereocenters. The third-order valence-electron chi connectivity index (χ3n) is 4.18. The second-order valence-electron chi connectivity index (χ2n) is 6.35. The van der Waals surface area contributed by atoms with E-state index in [-0.39, 0.29) is 34.4 Å². The van der Waals surface area contributed by atoms with E-state index >= 15 is 0 Å². The van der Waals surface area contributed by atoms with Crippen LogP contribution in [0.3, 0.4) is 0 Å². The number of benzene rings is 2. The number of hydrogen-bond acceptors (Lipinski definition) is 6. The third-order valence-corrected chi connectivity index (χ3v) is 5.09. The van der Waals surface area contributed by atoms with Crippen molar-refractivity contribution in [2.75, 3.05) is 18.1 Å². The van der Waals surface area contributed by atoms with Gasteiger partial charge in [-0.1, -0.05) is 23.7 Å². The van der Waals surface area contributed by atoms with E-state index in [1.54, 1.807) is 19.1 Å². The molecule has 1 heterocycles. The number of carboxylic acids is 1.